The highest BCUT2D eigenvalue weighted by atomic mass is 32.2. The van der Waals surface area contributed by atoms with Crippen molar-refractivity contribution in [2.45, 2.75) is 24.7 Å². The van der Waals surface area contributed by atoms with Crippen LogP contribution < -0.4 is 5.32 Å². The van der Waals surface area contributed by atoms with Gasteiger partial charge in [0.15, 0.2) is 0 Å². The van der Waals surface area contributed by atoms with Gasteiger partial charge in [0, 0.05) is 15.5 Å². The molecule has 94 valence electrons. The first-order chi connectivity index (χ1) is 8.79. The molecule has 1 atom stereocenters. The fourth-order valence-corrected chi connectivity index (χ4v) is 3.59. The molecule has 18 heavy (non-hydrogen) atoms. The van der Waals surface area contributed by atoms with E-state index in [2.05, 4.69) is 11.4 Å². The lowest BCUT2D eigenvalue weighted by atomic mass is 10.1. The normalized spacial score (nSPS) is 21.1. The number of fused-ring (bicyclic) bond motifs is 1. The van der Waals surface area contributed by atoms with E-state index in [1.54, 1.807) is 11.8 Å². The molecule has 4 heteroatoms. The van der Waals surface area contributed by atoms with Crippen LogP contribution in [-0.2, 0) is 9.53 Å². The number of para-hydroxylation sites is 1. The summed E-state index contributed by atoms with van der Waals surface area (Å²) < 4.78 is 5.14. The number of ether oxygens (including phenoxy) is 1. The van der Waals surface area contributed by atoms with Crippen LogP contribution in [0.1, 0.15) is 19.8 Å². The number of allylic oxidation sites excluding steroid dienone is 1. The Bertz CT molecular complexity index is 524. The molecule has 1 N–H and O–H groups in total. The monoisotopic (exact) mass is 261 g/mol. The lowest BCUT2D eigenvalue weighted by Gasteiger charge is -2.22. The first-order valence-corrected chi connectivity index (χ1v) is 7.05. The van der Waals surface area contributed by atoms with E-state index in [9.17, 15) is 4.79 Å². The molecule has 0 fully saturated rings. The number of thioether (sulfide) groups is 1. The van der Waals surface area contributed by atoms with Crippen molar-refractivity contribution < 1.29 is 9.53 Å². The van der Waals surface area contributed by atoms with Crippen LogP contribution in [0.5, 0.6) is 0 Å². The summed E-state index contributed by atoms with van der Waals surface area (Å²) in [6.45, 7) is 2.29. The highest BCUT2D eigenvalue weighted by Crippen LogP contribution is 2.48. The zero-order valence-corrected chi connectivity index (χ0v) is 11.0. The van der Waals surface area contributed by atoms with Crippen molar-refractivity contribution in [2.24, 2.45) is 5.92 Å². The lowest BCUT2D eigenvalue weighted by Crippen LogP contribution is -2.22. The van der Waals surface area contributed by atoms with E-state index in [-0.39, 0.29) is 11.9 Å². The number of hydrogen-bond acceptors (Lipinski definition) is 4. The summed E-state index contributed by atoms with van der Waals surface area (Å²) in [5.41, 5.74) is 2.15. The standard InChI is InChI=1S/C14H15NO2S/c1-2-17-14(16)9-7-8-12-13(9)15-10-5-3-4-6-11(10)18-12/h3-6,9,15H,2,7-8H2,1H3. The Kier molecular flexibility index (Phi) is 3.04. The van der Waals surface area contributed by atoms with E-state index in [0.717, 1.165) is 24.2 Å². The summed E-state index contributed by atoms with van der Waals surface area (Å²) >= 11 is 1.78. The number of rotatable bonds is 2. The quantitative estimate of drug-likeness (QED) is 0.828. The van der Waals surface area contributed by atoms with Crippen molar-refractivity contribution in [3.8, 4) is 0 Å². The summed E-state index contributed by atoms with van der Waals surface area (Å²) in [5, 5.41) is 3.41. The van der Waals surface area contributed by atoms with Crippen LogP contribution in [0.25, 0.3) is 0 Å². The van der Waals surface area contributed by atoms with Gasteiger partial charge in [-0.1, -0.05) is 23.9 Å². The van der Waals surface area contributed by atoms with Crippen LogP contribution in [0.15, 0.2) is 39.8 Å². The number of carbonyl (C=O) groups excluding carboxylic acids is 1. The van der Waals surface area contributed by atoms with Crippen molar-refractivity contribution in [3.05, 3.63) is 34.9 Å². The highest BCUT2D eigenvalue weighted by Gasteiger charge is 2.35. The molecule has 0 amide bonds. The van der Waals surface area contributed by atoms with Crippen LogP contribution in [0, 0.1) is 5.92 Å². The Morgan fingerprint density at radius 1 is 1.50 bits per heavy atom. The molecule has 1 unspecified atom stereocenters. The molecule has 1 aromatic carbocycles. The molecular formula is C14H15NO2S. The van der Waals surface area contributed by atoms with Crippen molar-refractivity contribution >= 4 is 23.4 Å². The Morgan fingerprint density at radius 2 is 2.33 bits per heavy atom. The molecule has 1 aliphatic carbocycles. The zero-order chi connectivity index (χ0) is 12.5. The zero-order valence-electron chi connectivity index (χ0n) is 10.2. The van der Waals surface area contributed by atoms with Gasteiger partial charge >= 0.3 is 5.97 Å². The summed E-state index contributed by atoms with van der Waals surface area (Å²) in [4.78, 5) is 14.4. The van der Waals surface area contributed by atoms with Crippen LogP contribution in [-0.4, -0.2) is 12.6 Å². The van der Waals surface area contributed by atoms with Crippen molar-refractivity contribution in [3.63, 3.8) is 0 Å². The predicted octanol–water partition coefficient (Wildman–Crippen LogP) is 3.39. The van der Waals surface area contributed by atoms with Gasteiger partial charge in [0.05, 0.1) is 18.2 Å². The third kappa shape index (κ3) is 1.90. The summed E-state index contributed by atoms with van der Waals surface area (Å²) in [6, 6.07) is 8.20. The molecule has 0 radical (unpaired) electrons. The first kappa shape index (κ1) is 11.7. The van der Waals surface area contributed by atoms with Gasteiger partial charge in [0.25, 0.3) is 0 Å². The van der Waals surface area contributed by atoms with Gasteiger partial charge in [-0.25, -0.2) is 0 Å². The second kappa shape index (κ2) is 4.69. The number of nitrogens with one attached hydrogen (secondary N) is 1. The fourth-order valence-electron chi connectivity index (χ4n) is 2.43. The second-order valence-electron chi connectivity index (χ2n) is 4.40. The molecule has 1 aromatic rings. The van der Waals surface area contributed by atoms with Crippen molar-refractivity contribution in [2.75, 3.05) is 11.9 Å². The third-order valence-electron chi connectivity index (χ3n) is 3.27. The number of anilines is 1. The van der Waals surface area contributed by atoms with Crippen molar-refractivity contribution in [1.29, 1.82) is 0 Å². The SMILES string of the molecule is CCOC(=O)C1CCC2=C1Nc1ccccc1S2. The van der Waals surface area contributed by atoms with Crippen LogP contribution in [0.4, 0.5) is 5.69 Å². The van der Waals surface area contributed by atoms with E-state index < -0.39 is 0 Å². The van der Waals surface area contributed by atoms with Gasteiger partial charge in [-0.05, 0) is 31.9 Å². The molecule has 0 saturated carbocycles. The average Bonchev–Trinajstić information content (AvgIpc) is 2.79. The maximum atomic E-state index is 11.9. The van der Waals surface area contributed by atoms with E-state index in [1.165, 1.54) is 9.80 Å². The lowest BCUT2D eigenvalue weighted by molar-refractivity contribution is -0.146. The molecule has 0 saturated heterocycles. The maximum Gasteiger partial charge on any atom is 0.314 e. The molecule has 2 aliphatic rings. The number of benzene rings is 1. The molecule has 1 heterocycles. The Labute approximate surface area is 111 Å². The predicted molar refractivity (Wildman–Crippen MR) is 72.3 cm³/mol. The average molecular weight is 261 g/mol. The molecule has 3 nitrogen and oxygen atoms in total. The van der Waals surface area contributed by atoms with Gasteiger partial charge in [-0.15, -0.1) is 0 Å². The van der Waals surface area contributed by atoms with E-state index >= 15 is 0 Å². The van der Waals surface area contributed by atoms with Gasteiger partial charge in [0.1, 0.15) is 0 Å². The molecule has 0 aromatic heterocycles. The minimum absolute atomic E-state index is 0.102. The van der Waals surface area contributed by atoms with Gasteiger partial charge in [0.2, 0.25) is 0 Å². The summed E-state index contributed by atoms with van der Waals surface area (Å²) in [7, 11) is 0. The van der Waals surface area contributed by atoms with E-state index in [4.69, 9.17) is 4.74 Å². The van der Waals surface area contributed by atoms with Gasteiger partial charge in [-0.3, -0.25) is 4.79 Å². The minimum atomic E-state index is -0.110. The topological polar surface area (TPSA) is 38.3 Å². The third-order valence-corrected chi connectivity index (χ3v) is 4.52. The smallest absolute Gasteiger partial charge is 0.314 e. The fraction of sp³-hybridized carbons (Fsp3) is 0.357. The molecule has 1 aliphatic heterocycles. The van der Waals surface area contributed by atoms with Crippen LogP contribution in [0.2, 0.25) is 0 Å². The first-order valence-electron chi connectivity index (χ1n) is 6.23. The van der Waals surface area contributed by atoms with Crippen LogP contribution in [0.3, 0.4) is 0 Å². The molecule has 0 spiro atoms. The Hall–Kier alpha value is -1.42. The van der Waals surface area contributed by atoms with Crippen LogP contribution >= 0.6 is 11.8 Å². The maximum absolute atomic E-state index is 11.9. The highest BCUT2D eigenvalue weighted by molar-refractivity contribution is 8.03. The van der Waals surface area contributed by atoms with Crippen molar-refractivity contribution in [1.82, 2.24) is 0 Å². The number of esters is 1. The number of hydrogen-bond donors (Lipinski definition) is 1. The van der Waals surface area contributed by atoms with E-state index in [0.29, 0.717) is 6.61 Å². The Balaban J connectivity index is 1.86. The number of carbonyl (C=O) groups is 1. The molecule has 3 rings (SSSR count). The summed E-state index contributed by atoms with van der Waals surface area (Å²) in [5.74, 6) is -0.212. The van der Waals surface area contributed by atoms with Gasteiger partial charge in [-0.2, -0.15) is 0 Å². The Morgan fingerprint density at radius 3 is 3.17 bits per heavy atom. The van der Waals surface area contributed by atoms with Gasteiger partial charge < -0.3 is 10.1 Å². The van der Waals surface area contributed by atoms with E-state index in [1.807, 2.05) is 25.1 Å². The second-order valence-corrected chi connectivity index (χ2v) is 5.54. The largest absolute Gasteiger partial charge is 0.465 e. The summed E-state index contributed by atoms with van der Waals surface area (Å²) in [6.07, 6.45) is 1.82. The minimum Gasteiger partial charge on any atom is -0.465 e. The molecule has 0 bridgehead atoms. The molecular weight excluding hydrogens is 246 g/mol.